The maximum atomic E-state index is 10.6. The Hall–Kier alpha value is -1.81. The highest BCUT2D eigenvalue weighted by atomic mass is 16.4. The minimum atomic E-state index is -0.972. The smallest absolute Gasteiger partial charge is 0.320 e. The molecule has 0 fully saturated rings. The minimum absolute atomic E-state index is 0.347. The number of hydrogen-bond acceptors (Lipinski definition) is 2. The summed E-state index contributed by atoms with van der Waals surface area (Å²) in [6.45, 7) is 0. The summed E-state index contributed by atoms with van der Waals surface area (Å²) in [5.41, 5.74) is 7.43. The molecular formula is C11H12N2O2. The lowest BCUT2D eigenvalue weighted by Crippen LogP contribution is -2.32. The third-order valence-electron chi connectivity index (χ3n) is 2.43. The molecule has 4 N–H and O–H groups in total. The molecule has 2 rings (SSSR count). The van der Waals surface area contributed by atoms with Crippen molar-refractivity contribution in [1.82, 2.24) is 4.98 Å². The lowest BCUT2D eigenvalue weighted by atomic mass is 10.1. The first-order chi connectivity index (χ1) is 7.18. The number of para-hydroxylation sites is 1. The molecule has 0 saturated carbocycles. The van der Waals surface area contributed by atoms with Crippen LogP contribution in [0.3, 0.4) is 0 Å². The van der Waals surface area contributed by atoms with Crippen LogP contribution in [0.1, 0.15) is 5.56 Å². The first kappa shape index (κ1) is 9.73. The molecule has 1 heterocycles. The van der Waals surface area contributed by atoms with Gasteiger partial charge in [0, 0.05) is 23.5 Å². The van der Waals surface area contributed by atoms with Crippen LogP contribution in [-0.4, -0.2) is 22.1 Å². The average Bonchev–Trinajstić information content (AvgIpc) is 2.62. The van der Waals surface area contributed by atoms with E-state index in [4.69, 9.17) is 10.8 Å². The summed E-state index contributed by atoms with van der Waals surface area (Å²) in [6, 6.07) is 6.91. The van der Waals surface area contributed by atoms with Crippen LogP contribution in [0, 0.1) is 0 Å². The van der Waals surface area contributed by atoms with E-state index in [1.165, 1.54) is 0 Å². The molecule has 1 aromatic carbocycles. The lowest BCUT2D eigenvalue weighted by Gasteiger charge is -2.04. The normalized spacial score (nSPS) is 12.9. The Morgan fingerprint density at radius 3 is 2.93 bits per heavy atom. The van der Waals surface area contributed by atoms with Crippen LogP contribution < -0.4 is 5.73 Å². The predicted octanol–water partition coefficient (Wildman–Crippen LogP) is 1.12. The van der Waals surface area contributed by atoms with E-state index >= 15 is 0 Å². The Bertz CT molecular complexity index is 490. The number of nitrogens with two attached hydrogens (primary N) is 1. The summed E-state index contributed by atoms with van der Waals surface area (Å²) in [5, 5.41) is 9.75. The van der Waals surface area contributed by atoms with Crippen molar-refractivity contribution in [2.45, 2.75) is 12.5 Å². The van der Waals surface area contributed by atoms with E-state index in [1.807, 2.05) is 30.5 Å². The second kappa shape index (κ2) is 3.74. The van der Waals surface area contributed by atoms with E-state index in [0.29, 0.717) is 6.42 Å². The van der Waals surface area contributed by atoms with Gasteiger partial charge in [-0.25, -0.2) is 0 Å². The molecule has 0 aliphatic rings. The summed E-state index contributed by atoms with van der Waals surface area (Å²) >= 11 is 0. The molecule has 0 amide bonds. The van der Waals surface area contributed by atoms with Gasteiger partial charge in [-0.05, 0) is 11.6 Å². The molecule has 2 aromatic rings. The van der Waals surface area contributed by atoms with Gasteiger partial charge in [-0.3, -0.25) is 4.79 Å². The van der Waals surface area contributed by atoms with E-state index in [1.54, 1.807) is 0 Å². The molecule has 4 heteroatoms. The first-order valence-corrected chi connectivity index (χ1v) is 4.72. The van der Waals surface area contributed by atoms with Gasteiger partial charge in [0.2, 0.25) is 0 Å². The van der Waals surface area contributed by atoms with Gasteiger partial charge in [-0.2, -0.15) is 0 Å². The zero-order valence-corrected chi connectivity index (χ0v) is 8.10. The standard InChI is InChI=1S/C11H12N2O2/c12-9(11(14)15)5-7-6-13-10-4-2-1-3-8(7)10/h1-4,6,9,13H,5,12H2,(H,14,15)/t9-/m0/s1/i1+1. The molecular weight excluding hydrogens is 193 g/mol. The van der Waals surface area contributed by atoms with Crippen molar-refractivity contribution in [1.29, 1.82) is 0 Å². The van der Waals surface area contributed by atoms with E-state index < -0.39 is 12.0 Å². The van der Waals surface area contributed by atoms with Crippen LogP contribution in [0.4, 0.5) is 0 Å². The molecule has 0 spiro atoms. The third kappa shape index (κ3) is 1.85. The Labute approximate surface area is 86.7 Å². The number of nitrogens with one attached hydrogen (secondary N) is 1. The Balaban J connectivity index is 2.32. The fraction of sp³-hybridized carbons (Fsp3) is 0.182. The molecule has 1 atom stereocenters. The number of carbonyl (C=O) groups is 1. The first-order valence-electron chi connectivity index (χ1n) is 4.72. The van der Waals surface area contributed by atoms with Gasteiger partial charge in [0.15, 0.2) is 0 Å². The van der Waals surface area contributed by atoms with Crippen LogP contribution in [0.5, 0.6) is 0 Å². The summed E-state index contributed by atoms with van der Waals surface area (Å²) < 4.78 is 0. The topological polar surface area (TPSA) is 79.1 Å². The van der Waals surface area contributed by atoms with Crippen molar-refractivity contribution in [3.63, 3.8) is 0 Å². The molecule has 0 aliphatic carbocycles. The van der Waals surface area contributed by atoms with Crippen LogP contribution in [0.2, 0.25) is 0 Å². The molecule has 0 aliphatic heterocycles. The highest BCUT2D eigenvalue weighted by Crippen LogP contribution is 2.18. The summed E-state index contributed by atoms with van der Waals surface area (Å²) in [7, 11) is 0. The zero-order chi connectivity index (χ0) is 10.8. The van der Waals surface area contributed by atoms with Crippen molar-refractivity contribution < 1.29 is 9.90 Å². The highest BCUT2D eigenvalue weighted by Gasteiger charge is 2.14. The molecule has 0 bridgehead atoms. The number of aromatic nitrogens is 1. The van der Waals surface area contributed by atoms with Crippen molar-refractivity contribution in [2.75, 3.05) is 0 Å². The van der Waals surface area contributed by atoms with Crippen molar-refractivity contribution in [3.05, 3.63) is 36.0 Å². The number of carboxylic acids is 1. The number of benzene rings is 1. The van der Waals surface area contributed by atoms with E-state index in [2.05, 4.69) is 4.98 Å². The zero-order valence-electron chi connectivity index (χ0n) is 8.10. The summed E-state index contributed by atoms with van der Waals surface area (Å²) in [4.78, 5) is 13.7. The molecule has 0 saturated heterocycles. The van der Waals surface area contributed by atoms with Gasteiger partial charge in [-0.1, -0.05) is 18.2 Å². The van der Waals surface area contributed by atoms with Gasteiger partial charge in [0.1, 0.15) is 6.04 Å². The number of H-pyrrole nitrogens is 1. The van der Waals surface area contributed by atoms with E-state index in [9.17, 15) is 4.79 Å². The summed E-state index contributed by atoms with van der Waals surface area (Å²) in [5.74, 6) is -0.972. The van der Waals surface area contributed by atoms with Gasteiger partial charge >= 0.3 is 5.97 Å². The summed E-state index contributed by atoms with van der Waals surface area (Å²) in [6.07, 6.45) is 2.16. The van der Waals surface area contributed by atoms with Crippen molar-refractivity contribution in [2.24, 2.45) is 5.73 Å². The maximum Gasteiger partial charge on any atom is 0.320 e. The minimum Gasteiger partial charge on any atom is -0.480 e. The average molecular weight is 205 g/mol. The highest BCUT2D eigenvalue weighted by molar-refractivity contribution is 5.84. The number of carboxylic acid groups (broad SMARTS) is 1. The van der Waals surface area contributed by atoms with Crippen LogP contribution in [-0.2, 0) is 11.2 Å². The quantitative estimate of drug-likeness (QED) is 0.702. The molecule has 0 unspecified atom stereocenters. The molecule has 0 radical (unpaired) electrons. The number of aliphatic carboxylic acids is 1. The number of rotatable bonds is 3. The monoisotopic (exact) mass is 205 g/mol. The predicted molar refractivity (Wildman–Crippen MR) is 57.6 cm³/mol. The van der Waals surface area contributed by atoms with E-state index in [-0.39, 0.29) is 0 Å². The molecule has 4 nitrogen and oxygen atoms in total. The van der Waals surface area contributed by atoms with Gasteiger partial charge < -0.3 is 15.8 Å². The van der Waals surface area contributed by atoms with Gasteiger partial charge in [0.25, 0.3) is 0 Å². The Morgan fingerprint density at radius 1 is 1.47 bits per heavy atom. The third-order valence-corrected chi connectivity index (χ3v) is 2.43. The second-order valence-electron chi connectivity index (χ2n) is 3.51. The Kier molecular flexibility index (Phi) is 2.43. The van der Waals surface area contributed by atoms with Crippen LogP contribution >= 0.6 is 0 Å². The number of aromatic amines is 1. The van der Waals surface area contributed by atoms with Crippen molar-refractivity contribution >= 4 is 16.9 Å². The fourth-order valence-corrected chi connectivity index (χ4v) is 1.62. The van der Waals surface area contributed by atoms with Crippen LogP contribution in [0.15, 0.2) is 30.5 Å². The molecule has 15 heavy (non-hydrogen) atoms. The van der Waals surface area contributed by atoms with Crippen LogP contribution in [0.25, 0.3) is 10.9 Å². The molecule has 1 aromatic heterocycles. The Morgan fingerprint density at radius 2 is 2.20 bits per heavy atom. The van der Waals surface area contributed by atoms with E-state index in [0.717, 1.165) is 16.5 Å². The van der Waals surface area contributed by atoms with Gasteiger partial charge in [0.05, 0.1) is 0 Å². The molecule has 78 valence electrons. The van der Waals surface area contributed by atoms with Gasteiger partial charge in [-0.15, -0.1) is 0 Å². The largest absolute Gasteiger partial charge is 0.480 e. The number of fused-ring (bicyclic) bond motifs is 1. The number of hydrogen-bond donors (Lipinski definition) is 3. The lowest BCUT2D eigenvalue weighted by molar-refractivity contribution is -0.138. The SMILES string of the molecule is N[C@@H](Cc1c[nH]c2cc[13cH]cc12)C(=O)O. The van der Waals surface area contributed by atoms with Crippen molar-refractivity contribution in [3.8, 4) is 0 Å². The second-order valence-corrected chi connectivity index (χ2v) is 3.51. The maximum absolute atomic E-state index is 10.6. The fourth-order valence-electron chi connectivity index (χ4n) is 1.62.